The van der Waals surface area contributed by atoms with Gasteiger partial charge in [-0.3, -0.25) is 4.79 Å². The number of carbonyl (C=O) groups excluding carboxylic acids is 1. The van der Waals surface area contributed by atoms with Crippen LogP contribution in [-0.4, -0.2) is 46.1 Å². The molecule has 0 aromatic rings. The number of rotatable bonds is 4. The molecular weight excluding hydrogens is 218 g/mol. The molecule has 88 valence electrons. The number of carbonyl (C=O) groups is 1. The summed E-state index contributed by atoms with van der Waals surface area (Å²) < 4.78 is 27.4. The summed E-state index contributed by atoms with van der Waals surface area (Å²) in [7, 11) is -2.10. The molecule has 0 saturated carbocycles. The van der Waals surface area contributed by atoms with Gasteiger partial charge in [-0.2, -0.15) is 0 Å². The van der Waals surface area contributed by atoms with Crippen LogP contribution in [0.15, 0.2) is 0 Å². The molecule has 1 fully saturated rings. The van der Waals surface area contributed by atoms with Crippen LogP contribution in [0.25, 0.3) is 0 Å². The lowest BCUT2D eigenvalue weighted by Crippen LogP contribution is -2.33. The Kier molecular flexibility index (Phi) is 4.53. The minimum atomic E-state index is -3.29. The third-order valence-corrected chi connectivity index (χ3v) is 4.17. The van der Waals surface area contributed by atoms with Crippen molar-refractivity contribution in [2.45, 2.75) is 12.8 Å². The average Bonchev–Trinajstić information content (AvgIpc) is 2.17. The zero-order valence-corrected chi connectivity index (χ0v) is 9.68. The van der Waals surface area contributed by atoms with Crippen LogP contribution in [0.3, 0.4) is 0 Å². The van der Waals surface area contributed by atoms with Crippen LogP contribution >= 0.6 is 0 Å². The predicted molar refractivity (Wildman–Crippen MR) is 56.3 cm³/mol. The highest BCUT2D eigenvalue weighted by Gasteiger charge is 2.23. The summed E-state index contributed by atoms with van der Waals surface area (Å²) in [6.07, 6.45) is 1.72. The molecule has 0 aromatic heterocycles. The van der Waals surface area contributed by atoms with Crippen molar-refractivity contribution in [2.24, 2.45) is 5.92 Å². The van der Waals surface area contributed by atoms with Crippen LogP contribution < -0.4 is 5.32 Å². The van der Waals surface area contributed by atoms with E-state index < -0.39 is 21.6 Å². The van der Waals surface area contributed by atoms with Crippen molar-refractivity contribution in [2.75, 3.05) is 31.7 Å². The van der Waals surface area contributed by atoms with Gasteiger partial charge in [0.2, 0.25) is 0 Å². The predicted octanol–water partition coefficient (Wildman–Crippen LogP) is -0.426. The number of piperidine rings is 1. The van der Waals surface area contributed by atoms with Crippen LogP contribution in [0.5, 0.6) is 0 Å². The first-order valence-electron chi connectivity index (χ1n) is 5.01. The van der Waals surface area contributed by atoms with Crippen molar-refractivity contribution in [1.82, 2.24) is 5.32 Å². The topological polar surface area (TPSA) is 72.5 Å². The number of hydrogen-bond acceptors (Lipinski definition) is 5. The second-order valence-electron chi connectivity index (χ2n) is 3.82. The van der Waals surface area contributed by atoms with Crippen molar-refractivity contribution < 1.29 is 17.9 Å². The zero-order chi connectivity index (χ0) is 11.3. The maximum atomic E-state index is 11.5. The number of esters is 1. The van der Waals surface area contributed by atoms with Crippen molar-refractivity contribution in [3.05, 3.63) is 0 Å². The molecule has 0 unspecified atom stereocenters. The van der Waals surface area contributed by atoms with Crippen LogP contribution in [0.1, 0.15) is 12.8 Å². The van der Waals surface area contributed by atoms with Gasteiger partial charge in [-0.15, -0.1) is 0 Å². The molecule has 5 nitrogen and oxygen atoms in total. The van der Waals surface area contributed by atoms with Crippen molar-refractivity contribution >= 4 is 15.8 Å². The van der Waals surface area contributed by atoms with E-state index in [-0.39, 0.29) is 11.7 Å². The van der Waals surface area contributed by atoms with Gasteiger partial charge in [-0.25, -0.2) is 8.42 Å². The molecule has 0 aromatic carbocycles. The molecule has 15 heavy (non-hydrogen) atoms. The highest BCUT2D eigenvalue weighted by Crippen LogP contribution is 2.14. The van der Waals surface area contributed by atoms with Crippen molar-refractivity contribution in [3.8, 4) is 0 Å². The first kappa shape index (κ1) is 12.4. The maximum Gasteiger partial charge on any atom is 0.320 e. The van der Waals surface area contributed by atoms with E-state index >= 15 is 0 Å². The Morgan fingerprint density at radius 1 is 1.40 bits per heavy atom. The fraction of sp³-hybridized carbons (Fsp3) is 0.889. The van der Waals surface area contributed by atoms with E-state index in [2.05, 4.69) is 10.1 Å². The lowest BCUT2D eigenvalue weighted by Gasteiger charge is -2.21. The van der Waals surface area contributed by atoms with Crippen molar-refractivity contribution in [3.63, 3.8) is 0 Å². The lowest BCUT2D eigenvalue weighted by molar-refractivity contribution is -0.137. The highest BCUT2D eigenvalue weighted by atomic mass is 32.2. The van der Waals surface area contributed by atoms with Crippen LogP contribution in [0.4, 0.5) is 0 Å². The van der Waals surface area contributed by atoms with E-state index in [4.69, 9.17) is 0 Å². The second-order valence-corrected chi connectivity index (χ2v) is 5.93. The van der Waals surface area contributed by atoms with Gasteiger partial charge < -0.3 is 10.1 Å². The van der Waals surface area contributed by atoms with Crippen molar-refractivity contribution in [1.29, 1.82) is 0 Å². The summed E-state index contributed by atoms with van der Waals surface area (Å²) in [5.41, 5.74) is 0. The first-order chi connectivity index (χ1) is 7.03. The monoisotopic (exact) mass is 235 g/mol. The van der Waals surface area contributed by atoms with Crippen LogP contribution in [0.2, 0.25) is 0 Å². The fourth-order valence-corrected chi connectivity index (χ4v) is 3.35. The fourth-order valence-electron chi connectivity index (χ4n) is 1.70. The Balaban J connectivity index is 2.44. The van der Waals surface area contributed by atoms with Gasteiger partial charge >= 0.3 is 5.97 Å². The summed E-state index contributed by atoms with van der Waals surface area (Å²) >= 11 is 0. The molecule has 6 heteroatoms. The maximum absolute atomic E-state index is 11.5. The zero-order valence-electron chi connectivity index (χ0n) is 8.86. The molecule has 1 heterocycles. The minimum absolute atomic E-state index is 0.101. The first-order valence-corrected chi connectivity index (χ1v) is 6.83. The Morgan fingerprint density at radius 2 is 2.00 bits per heavy atom. The second kappa shape index (κ2) is 5.46. The Morgan fingerprint density at radius 3 is 2.53 bits per heavy atom. The molecule has 0 aliphatic carbocycles. The van der Waals surface area contributed by atoms with Gasteiger partial charge in [0, 0.05) is 0 Å². The van der Waals surface area contributed by atoms with Gasteiger partial charge in [-0.1, -0.05) is 0 Å². The number of sulfone groups is 1. The number of methoxy groups -OCH3 is 1. The standard InChI is InChI=1S/C9H17NO4S/c1-14-9(11)7-15(12,13)6-8-2-4-10-5-3-8/h8,10H,2-7H2,1H3. The summed E-state index contributed by atoms with van der Waals surface area (Å²) in [4.78, 5) is 10.9. The average molecular weight is 235 g/mol. The lowest BCUT2D eigenvalue weighted by atomic mass is 10.0. The summed E-state index contributed by atoms with van der Waals surface area (Å²) in [5.74, 6) is -0.887. The molecule has 0 spiro atoms. The molecule has 1 aliphatic rings. The number of hydrogen-bond donors (Lipinski definition) is 1. The molecule has 1 aliphatic heterocycles. The number of nitrogens with one attached hydrogen (secondary N) is 1. The van der Waals surface area contributed by atoms with E-state index in [9.17, 15) is 13.2 Å². The van der Waals surface area contributed by atoms with E-state index in [1.54, 1.807) is 0 Å². The molecule has 0 atom stereocenters. The van der Waals surface area contributed by atoms with Gasteiger partial charge in [0.25, 0.3) is 0 Å². The highest BCUT2D eigenvalue weighted by molar-refractivity contribution is 7.92. The smallest absolute Gasteiger partial charge is 0.320 e. The molecular formula is C9H17NO4S. The van der Waals surface area contributed by atoms with Gasteiger partial charge in [-0.05, 0) is 31.8 Å². The van der Waals surface area contributed by atoms with Crippen LogP contribution in [-0.2, 0) is 19.4 Å². The minimum Gasteiger partial charge on any atom is -0.468 e. The molecule has 1 saturated heterocycles. The largest absolute Gasteiger partial charge is 0.468 e. The van der Waals surface area contributed by atoms with E-state index in [0.717, 1.165) is 25.9 Å². The van der Waals surface area contributed by atoms with E-state index in [1.807, 2.05) is 0 Å². The third kappa shape index (κ3) is 4.61. The molecule has 1 N–H and O–H groups in total. The van der Waals surface area contributed by atoms with Gasteiger partial charge in [0.15, 0.2) is 9.84 Å². The number of ether oxygens (including phenoxy) is 1. The third-order valence-electron chi connectivity index (χ3n) is 2.51. The Bertz CT molecular complexity index is 306. The summed E-state index contributed by atoms with van der Waals surface area (Å²) in [5, 5.41) is 3.17. The summed E-state index contributed by atoms with van der Waals surface area (Å²) in [6, 6.07) is 0. The summed E-state index contributed by atoms with van der Waals surface area (Å²) in [6.45, 7) is 1.72. The van der Waals surface area contributed by atoms with E-state index in [0.29, 0.717) is 0 Å². The van der Waals surface area contributed by atoms with E-state index in [1.165, 1.54) is 7.11 Å². The van der Waals surface area contributed by atoms with Crippen LogP contribution in [0, 0.1) is 5.92 Å². The molecule has 1 rings (SSSR count). The normalized spacial score (nSPS) is 18.7. The molecule has 0 amide bonds. The molecule has 0 bridgehead atoms. The van der Waals surface area contributed by atoms with Gasteiger partial charge in [0.1, 0.15) is 5.75 Å². The SMILES string of the molecule is COC(=O)CS(=O)(=O)CC1CCNCC1. The van der Waals surface area contributed by atoms with Gasteiger partial charge in [0.05, 0.1) is 12.9 Å². The quantitative estimate of drug-likeness (QED) is 0.670. The Hall–Kier alpha value is -0.620. The Labute approximate surface area is 90.1 Å². The molecule has 0 radical (unpaired) electrons.